The summed E-state index contributed by atoms with van der Waals surface area (Å²) >= 11 is 0. The maximum absolute atomic E-state index is 11.9. The van der Waals surface area contributed by atoms with E-state index in [1.165, 1.54) is 51.4 Å². The quantitative estimate of drug-likeness (QED) is 0.284. The molecule has 5 aliphatic carbocycles. The van der Waals surface area contributed by atoms with Crippen molar-refractivity contribution in [2.24, 2.45) is 56.7 Å². The Labute approximate surface area is 210 Å². The van der Waals surface area contributed by atoms with Crippen LogP contribution in [-0.4, -0.2) is 12.1 Å². The molecule has 0 spiro atoms. The number of rotatable bonds is 1. The van der Waals surface area contributed by atoms with E-state index in [4.69, 9.17) is 4.74 Å². The van der Waals surface area contributed by atoms with Crippen LogP contribution in [0.3, 0.4) is 0 Å². The lowest BCUT2D eigenvalue weighted by molar-refractivity contribution is -0.252. The third-order valence-electron chi connectivity index (χ3n) is 13.8. The van der Waals surface area contributed by atoms with Crippen LogP contribution in [0.15, 0.2) is 11.6 Å². The predicted octanol–water partition coefficient (Wildman–Crippen LogP) is 8.60. The van der Waals surface area contributed by atoms with Gasteiger partial charge in [0.15, 0.2) is 0 Å². The molecule has 4 saturated carbocycles. The third-order valence-corrected chi connectivity index (χ3v) is 13.8. The topological polar surface area (TPSA) is 26.3 Å². The van der Waals surface area contributed by atoms with E-state index in [1.54, 1.807) is 12.5 Å². The van der Waals surface area contributed by atoms with Crippen LogP contribution in [-0.2, 0) is 9.53 Å². The Morgan fingerprint density at radius 1 is 0.882 bits per heavy atom. The number of carbonyl (C=O) groups is 1. The minimum atomic E-state index is -0.105. The average Bonchev–Trinajstić information content (AvgIpc) is 2.74. The number of hydrogen-bond donors (Lipinski definition) is 0. The van der Waals surface area contributed by atoms with Gasteiger partial charge in [-0.2, -0.15) is 0 Å². The van der Waals surface area contributed by atoms with Crippen LogP contribution in [0.25, 0.3) is 0 Å². The van der Waals surface area contributed by atoms with E-state index in [9.17, 15) is 4.79 Å². The highest BCUT2D eigenvalue weighted by Crippen LogP contribution is 2.76. The van der Waals surface area contributed by atoms with Crippen molar-refractivity contribution in [3.05, 3.63) is 11.6 Å². The first-order valence-corrected chi connectivity index (χ1v) is 14.5. The SMILES string of the molecule is CC(=O)O[C@H]1CC[C@@]2(C)C(CC[C@]3(C)[C@@H]2CC[C@@H]2[C@H]4[C@H](C)C(C)=CC[C@]4(C)CC[C@]23C)C1(C)C. The zero-order valence-electron chi connectivity index (χ0n) is 23.7. The molecule has 2 heteroatoms. The van der Waals surface area contributed by atoms with Crippen molar-refractivity contribution in [1.29, 1.82) is 0 Å². The molecular weight excluding hydrogens is 416 g/mol. The molecule has 0 amide bonds. The first kappa shape index (κ1) is 24.9. The summed E-state index contributed by atoms with van der Waals surface area (Å²) in [4.78, 5) is 11.9. The van der Waals surface area contributed by atoms with Crippen molar-refractivity contribution in [2.45, 2.75) is 126 Å². The Balaban J connectivity index is 1.50. The summed E-state index contributed by atoms with van der Waals surface area (Å²) in [5.74, 6) is 3.76. The fraction of sp³-hybridized carbons (Fsp3) is 0.906. The van der Waals surface area contributed by atoms with Gasteiger partial charge >= 0.3 is 5.97 Å². The van der Waals surface area contributed by atoms with Crippen LogP contribution in [0.1, 0.15) is 120 Å². The van der Waals surface area contributed by atoms with Gasteiger partial charge in [-0.1, -0.05) is 60.1 Å². The second-order valence-corrected chi connectivity index (χ2v) is 15.2. The second kappa shape index (κ2) is 7.61. The number of esters is 1. The van der Waals surface area contributed by atoms with Gasteiger partial charge in [0.1, 0.15) is 6.10 Å². The summed E-state index contributed by atoms with van der Waals surface area (Å²) in [6.45, 7) is 22.1. The standard InChI is InChI=1S/C32H52O2/c1-20-12-15-29(6)18-19-31(8)23(27(29)21(20)2)10-11-25-30(7)16-14-26(34-22(3)33)28(4,5)24(30)13-17-32(25,31)9/h12,21,23-27H,10-11,13-19H2,1-9H3/t21-,23-,24?,25-,26+,27-,29-,30+,31-,32-/m1/s1. The summed E-state index contributed by atoms with van der Waals surface area (Å²) in [7, 11) is 0. The van der Waals surface area contributed by atoms with Gasteiger partial charge in [0.25, 0.3) is 0 Å². The lowest BCUT2D eigenvalue weighted by Gasteiger charge is -2.73. The van der Waals surface area contributed by atoms with E-state index >= 15 is 0 Å². The molecule has 0 radical (unpaired) electrons. The van der Waals surface area contributed by atoms with Crippen LogP contribution < -0.4 is 0 Å². The van der Waals surface area contributed by atoms with E-state index in [-0.39, 0.29) is 17.5 Å². The molecule has 0 bridgehead atoms. The van der Waals surface area contributed by atoms with Crippen LogP contribution in [0, 0.1) is 56.7 Å². The second-order valence-electron chi connectivity index (χ2n) is 15.2. The minimum absolute atomic E-state index is 0.0582. The van der Waals surface area contributed by atoms with Gasteiger partial charge in [-0.15, -0.1) is 0 Å². The number of ether oxygens (including phenoxy) is 1. The fourth-order valence-electron chi connectivity index (χ4n) is 11.7. The Kier molecular flexibility index (Phi) is 5.57. The van der Waals surface area contributed by atoms with Crippen molar-refractivity contribution in [3.8, 4) is 0 Å². The normalized spacial score (nSPS) is 54.0. The Morgan fingerprint density at radius 2 is 1.59 bits per heavy atom. The molecule has 34 heavy (non-hydrogen) atoms. The van der Waals surface area contributed by atoms with Gasteiger partial charge in [-0.05, 0) is 116 Å². The van der Waals surface area contributed by atoms with Crippen LogP contribution in [0.5, 0.6) is 0 Å². The fourth-order valence-corrected chi connectivity index (χ4v) is 11.7. The molecule has 2 nitrogen and oxygen atoms in total. The number of allylic oxidation sites excluding steroid dienone is 2. The molecule has 0 aromatic carbocycles. The zero-order valence-corrected chi connectivity index (χ0v) is 23.7. The van der Waals surface area contributed by atoms with Crippen LogP contribution >= 0.6 is 0 Å². The van der Waals surface area contributed by atoms with E-state index in [2.05, 4.69) is 61.5 Å². The van der Waals surface area contributed by atoms with Gasteiger partial charge in [-0.25, -0.2) is 0 Å². The summed E-state index contributed by atoms with van der Waals surface area (Å²) < 4.78 is 5.92. The highest BCUT2D eigenvalue weighted by atomic mass is 16.5. The first-order chi connectivity index (χ1) is 15.7. The van der Waals surface area contributed by atoms with Crippen molar-refractivity contribution in [1.82, 2.24) is 0 Å². The van der Waals surface area contributed by atoms with Crippen LogP contribution in [0.2, 0.25) is 0 Å². The van der Waals surface area contributed by atoms with Gasteiger partial charge < -0.3 is 4.74 Å². The van der Waals surface area contributed by atoms with Crippen molar-refractivity contribution in [3.63, 3.8) is 0 Å². The molecule has 0 aromatic rings. The molecule has 5 aliphatic rings. The van der Waals surface area contributed by atoms with E-state index in [0.29, 0.717) is 27.6 Å². The molecule has 5 rings (SSSR count). The molecule has 192 valence electrons. The van der Waals surface area contributed by atoms with Gasteiger partial charge in [0.05, 0.1) is 0 Å². The van der Waals surface area contributed by atoms with E-state index < -0.39 is 0 Å². The molecule has 0 saturated heterocycles. The number of fused-ring (bicyclic) bond motifs is 7. The largest absolute Gasteiger partial charge is 0.462 e. The Morgan fingerprint density at radius 3 is 2.26 bits per heavy atom. The summed E-state index contributed by atoms with van der Waals surface area (Å²) in [5, 5.41) is 0. The smallest absolute Gasteiger partial charge is 0.302 e. The Bertz CT molecular complexity index is 885. The van der Waals surface area contributed by atoms with Crippen molar-refractivity contribution in [2.75, 3.05) is 0 Å². The zero-order chi connectivity index (χ0) is 24.9. The first-order valence-electron chi connectivity index (χ1n) is 14.5. The lowest BCUT2D eigenvalue weighted by Crippen LogP contribution is -2.67. The predicted molar refractivity (Wildman–Crippen MR) is 140 cm³/mol. The van der Waals surface area contributed by atoms with E-state index in [0.717, 1.165) is 30.1 Å². The van der Waals surface area contributed by atoms with Crippen molar-refractivity contribution < 1.29 is 9.53 Å². The highest BCUT2D eigenvalue weighted by molar-refractivity contribution is 5.66. The molecule has 1 unspecified atom stereocenters. The molecular formula is C32H52O2. The molecule has 10 atom stereocenters. The Hall–Kier alpha value is -0.790. The van der Waals surface area contributed by atoms with Crippen LogP contribution in [0.4, 0.5) is 0 Å². The van der Waals surface area contributed by atoms with Crippen molar-refractivity contribution >= 4 is 5.97 Å². The molecule has 0 N–H and O–H groups in total. The average molecular weight is 469 g/mol. The third kappa shape index (κ3) is 3.08. The lowest BCUT2D eigenvalue weighted by atomic mass is 9.31. The monoisotopic (exact) mass is 468 g/mol. The van der Waals surface area contributed by atoms with Gasteiger partial charge in [-0.3, -0.25) is 4.79 Å². The molecule has 0 aliphatic heterocycles. The van der Waals surface area contributed by atoms with E-state index in [1.807, 2.05) is 0 Å². The number of carbonyl (C=O) groups excluding carboxylic acids is 1. The molecule has 0 aromatic heterocycles. The highest BCUT2D eigenvalue weighted by Gasteiger charge is 2.69. The minimum Gasteiger partial charge on any atom is -0.462 e. The summed E-state index contributed by atoms with van der Waals surface area (Å²) in [6, 6.07) is 0. The summed E-state index contributed by atoms with van der Waals surface area (Å²) in [6.07, 6.45) is 14.5. The number of hydrogen-bond acceptors (Lipinski definition) is 2. The van der Waals surface area contributed by atoms with Gasteiger partial charge in [0, 0.05) is 12.3 Å². The maximum atomic E-state index is 11.9. The summed E-state index contributed by atoms with van der Waals surface area (Å²) in [5.41, 5.74) is 3.43. The molecule has 0 heterocycles. The van der Waals surface area contributed by atoms with Gasteiger partial charge in [0.2, 0.25) is 0 Å². The molecule has 4 fully saturated rings. The maximum Gasteiger partial charge on any atom is 0.302 e.